The summed E-state index contributed by atoms with van der Waals surface area (Å²) in [6, 6.07) is 7.77. The molecule has 0 N–H and O–H groups in total. The molecule has 4 nitrogen and oxygen atoms in total. The molecule has 1 aliphatic heterocycles. The molecule has 0 unspecified atom stereocenters. The third-order valence-electron chi connectivity index (χ3n) is 3.16. The number of carbonyl (C=O) groups excluding carboxylic acids is 1. The molecule has 1 aromatic carbocycles. The third-order valence-corrected chi connectivity index (χ3v) is 3.16. The van der Waals surface area contributed by atoms with Crippen LogP contribution in [-0.4, -0.2) is 31.7 Å². The second-order valence-corrected chi connectivity index (χ2v) is 4.60. The molecule has 1 saturated heterocycles. The van der Waals surface area contributed by atoms with Crippen LogP contribution in [0.1, 0.15) is 18.9 Å². The molecule has 0 saturated carbocycles. The van der Waals surface area contributed by atoms with Crippen LogP contribution in [0.5, 0.6) is 5.75 Å². The summed E-state index contributed by atoms with van der Waals surface area (Å²) < 4.78 is 15.9. The molecule has 1 heterocycles. The lowest BCUT2D eigenvalue weighted by Crippen LogP contribution is -2.12. The van der Waals surface area contributed by atoms with E-state index in [1.54, 1.807) is 14.0 Å². The molecule has 0 radical (unpaired) electrons. The van der Waals surface area contributed by atoms with Gasteiger partial charge in [-0.25, -0.2) is 0 Å². The zero-order chi connectivity index (χ0) is 13.0. The number of aldehydes is 1. The highest BCUT2D eigenvalue weighted by molar-refractivity contribution is 5.66. The van der Waals surface area contributed by atoms with Crippen molar-refractivity contribution >= 4 is 6.29 Å². The Balaban J connectivity index is 1.65. The van der Waals surface area contributed by atoms with Gasteiger partial charge < -0.3 is 19.0 Å². The fourth-order valence-corrected chi connectivity index (χ4v) is 1.82. The van der Waals surface area contributed by atoms with Crippen LogP contribution < -0.4 is 4.74 Å². The predicted molar refractivity (Wildman–Crippen MR) is 66.6 cm³/mol. The number of hydrogen-bond donors (Lipinski definition) is 0. The minimum absolute atomic E-state index is 0.0193. The molecule has 0 amide bonds. The first-order valence-electron chi connectivity index (χ1n) is 6.03. The summed E-state index contributed by atoms with van der Waals surface area (Å²) >= 11 is 0. The van der Waals surface area contributed by atoms with Crippen molar-refractivity contribution in [1.82, 2.24) is 0 Å². The lowest BCUT2D eigenvalue weighted by atomic mass is 10.1. The molecule has 0 spiro atoms. The number of methoxy groups -OCH3 is 1. The van der Waals surface area contributed by atoms with Crippen LogP contribution >= 0.6 is 0 Å². The summed E-state index contributed by atoms with van der Waals surface area (Å²) in [6.45, 7) is 2.96. The molecule has 2 atom stereocenters. The van der Waals surface area contributed by atoms with E-state index >= 15 is 0 Å². The lowest BCUT2D eigenvalue weighted by Gasteiger charge is -2.05. The molecule has 1 fully saturated rings. The molecule has 0 bridgehead atoms. The van der Waals surface area contributed by atoms with Gasteiger partial charge in [0.15, 0.2) is 6.29 Å². The van der Waals surface area contributed by atoms with Crippen LogP contribution in [0, 0.1) is 0 Å². The van der Waals surface area contributed by atoms with Crippen molar-refractivity contribution in [3.05, 3.63) is 29.8 Å². The average molecular weight is 250 g/mol. The van der Waals surface area contributed by atoms with Crippen molar-refractivity contribution in [2.75, 3.05) is 13.7 Å². The van der Waals surface area contributed by atoms with Gasteiger partial charge in [-0.2, -0.15) is 0 Å². The van der Waals surface area contributed by atoms with Crippen LogP contribution in [0.15, 0.2) is 24.3 Å². The monoisotopic (exact) mass is 250 g/mol. The summed E-state index contributed by atoms with van der Waals surface area (Å²) in [4.78, 5) is 10.6. The maximum Gasteiger partial charge on any atom is 0.154 e. The fraction of sp³-hybridized carbons (Fsp3) is 0.500. The van der Waals surface area contributed by atoms with Gasteiger partial charge in [0.2, 0.25) is 0 Å². The Hall–Kier alpha value is -1.39. The Kier molecular flexibility index (Phi) is 3.99. The predicted octanol–water partition coefficient (Wildman–Crippen LogP) is 1.96. The lowest BCUT2D eigenvalue weighted by molar-refractivity contribution is -0.111. The maximum absolute atomic E-state index is 10.6. The van der Waals surface area contributed by atoms with Gasteiger partial charge in [-0.3, -0.25) is 0 Å². The van der Waals surface area contributed by atoms with Gasteiger partial charge in [-0.1, -0.05) is 12.1 Å². The number of benzene rings is 1. The van der Waals surface area contributed by atoms with Gasteiger partial charge in [0.05, 0.1) is 19.8 Å². The van der Waals surface area contributed by atoms with Gasteiger partial charge >= 0.3 is 0 Å². The van der Waals surface area contributed by atoms with Crippen molar-refractivity contribution in [3.8, 4) is 5.75 Å². The standard InChI is InChI=1S/C14H18O4/c1-14(10-15)13(18-14)7-8-17-9-11-3-5-12(16-2)6-4-11/h3-6,10,13H,7-9H2,1-2H3/t13-,14-/m1/s1. The van der Waals surface area contributed by atoms with Crippen molar-refractivity contribution < 1.29 is 19.0 Å². The van der Waals surface area contributed by atoms with Gasteiger partial charge in [-0.05, 0) is 24.6 Å². The Bertz CT molecular complexity index is 401. The minimum atomic E-state index is -0.566. The van der Waals surface area contributed by atoms with Crippen LogP contribution in [0.4, 0.5) is 0 Å². The zero-order valence-electron chi connectivity index (χ0n) is 10.7. The van der Waals surface area contributed by atoms with Crippen LogP contribution in [0.2, 0.25) is 0 Å². The van der Waals surface area contributed by atoms with E-state index in [1.165, 1.54) is 0 Å². The van der Waals surface area contributed by atoms with Crippen LogP contribution in [-0.2, 0) is 20.9 Å². The molecular weight excluding hydrogens is 232 g/mol. The van der Waals surface area contributed by atoms with Crippen LogP contribution in [0.3, 0.4) is 0 Å². The zero-order valence-corrected chi connectivity index (χ0v) is 10.7. The summed E-state index contributed by atoms with van der Waals surface area (Å²) in [6.07, 6.45) is 1.64. The van der Waals surface area contributed by atoms with Gasteiger partial charge in [0, 0.05) is 13.0 Å². The van der Waals surface area contributed by atoms with E-state index in [0.717, 1.165) is 24.0 Å². The first-order chi connectivity index (χ1) is 8.68. The SMILES string of the molecule is COc1ccc(COCC[C@H]2O[C@]2(C)C=O)cc1. The topological polar surface area (TPSA) is 48.1 Å². The Labute approximate surface area is 107 Å². The van der Waals surface area contributed by atoms with Crippen molar-refractivity contribution in [3.63, 3.8) is 0 Å². The number of epoxide rings is 1. The van der Waals surface area contributed by atoms with Crippen molar-refractivity contribution in [2.45, 2.75) is 31.7 Å². The van der Waals surface area contributed by atoms with Gasteiger partial charge in [0.25, 0.3) is 0 Å². The molecule has 18 heavy (non-hydrogen) atoms. The fourth-order valence-electron chi connectivity index (χ4n) is 1.82. The number of carbonyl (C=O) groups is 1. The van der Waals surface area contributed by atoms with E-state index in [2.05, 4.69) is 0 Å². The highest BCUT2D eigenvalue weighted by Crippen LogP contribution is 2.36. The summed E-state index contributed by atoms with van der Waals surface area (Å²) in [5.74, 6) is 0.840. The molecule has 2 rings (SSSR count). The number of ether oxygens (including phenoxy) is 3. The van der Waals surface area contributed by atoms with E-state index < -0.39 is 5.60 Å². The Morgan fingerprint density at radius 3 is 2.67 bits per heavy atom. The normalized spacial score (nSPS) is 25.8. The van der Waals surface area contributed by atoms with Gasteiger partial charge in [-0.15, -0.1) is 0 Å². The summed E-state index contributed by atoms with van der Waals surface area (Å²) in [5.41, 5.74) is 0.536. The number of rotatable bonds is 7. The maximum atomic E-state index is 10.6. The highest BCUT2D eigenvalue weighted by atomic mass is 16.6. The van der Waals surface area contributed by atoms with Crippen molar-refractivity contribution in [2.24, 2.45) is 0 Å². The Morgan fingerprint density at radius 1 is 1.39 bits per heavy atom. The second-order valence-electron chi connectivity index (χ2n) is 4.60. The summed E-state index contributed by atoms with van der Waals surface area (Å²) in [7, 11) is 1.64. The molecule has 0 aromatic heterocycles. The smallest absolute Gasteiger partial charge is 0.154 e. The number of hydrogen-bond acceptors (Lipinski definition) is 4. The van der Waals surface area contributed by atoms with E-state index in [-0.39, 0.29) is 6.10 Å². The molecule has 98 valence electrons. The van der Waals surface area contributed by atoms with E-state index in [9.17, 15) is 4.79 Å². The van der Waals surface area contributed by atoms with E-state index in [1.807, 2.05) is 24.3 Å². The molecule has 1 aromatic rings. The van der Waals surface area contributed by atoms with Gasteiger partial charge in [0.1, 0.15) is 11.4 Å². The van der Waals surface area contributed by atoms with Crippen LogP contribution in [0.25, 0.3) is 0 Å². The second kappa shape index (κ2) is 5.50. The largest absolute Gasteiger partial charge is 0.497 e. The first-order valence-corrected chi connectivity index (χ1v) is 6.03. The highest BCUT2D eigenvalue weighted by Gasteiger charge is 2.51. The molecule has 4 heteroatoms. The average Bonchev–Trinajstić information content (AvgIpc) is 3.07. The molecule has 0 aliphatic carbocycles. The molecule has 1 aliphatic rings. The summed E-state index contributed by atoms with van der Waals surface area (Å²) in [5, 5.41) is 0. The van der Waals surface area contributed by atoms with Crippen molar-refractivity contribution in [1.29, 1.82) is 0 Å². The van der Waals surface area contributed by atoms with E-state index in [4.69, 9.17) is 14.2 Å². The Morgan fingerprint density at radius 2 is 2.11 bits per heavy atom. The van der Waals surface area contributed by atoms with E-state index in [0.29, 0.717) is 13.2 Å². The molecular formula is C14H18O4. The third kappa shape index (κ3) is 3.09. The quantitative estimate of drug-likeness (QED) is 0.421. The first kappa shape index (κ1) is 13.1. The minimum Gasteiger partial charge on any atom is -0.497 e.